The van der Waals surface area contributed by atoms with E-state index in [1.807, 2.05) is 29.8 Å². The number of amides is 1. The molecule has 27 heavy (non-hydrogen) atoms. The van der Waals surface area contributed by atoms with Crippen molar-refractivity contribution in [3.05, 3.63) is 63.2 Å². The van der Waals surface area contributed by atoms with Gasteiger partial charge in [-0.3, -0.25) is 14.3 Å². The lowest BCUT2D eigenvalue weighted by Crippen LogP contribution is -2.28. The summed E-state index contributed by atoms with van der Waals surface area (Å²) in [5.41, 5.74) is 3.82. The maximum Gasteiger partial charge on any atom is 0.253 e. The third kappa shape index (κ3) is 3.79. The van der Waals surface area contributed by atoms with Crippen LogP contribution in [-0.2, 0) is 13.0 Å². The zero-order valence-corrected chi connectivity index (χ0v) is 16.3. The fraction of sp³-hybridized carbons (Fsp3) is 0.381. The Morgan fingerprint density at radius 1 is 1.33 bits per heavy atom. The smallest absolute Gasteiger partial charge is 0.253 e. The molecule has 0 saturated carbocycles. The molecule has 0 aliphatic heterocycles. The highest BCUT2D eigenvalue weighted by atomic mass is 16.1. The fourth-order valence-electron chi connectivity index (χ4n) is 3.42. The Morgan fingerprint density at radius 3 is 2.81 bits per heavy atom. The topological polar surface area (TPSA) is 79.8 Å². The van der Waals surface area contributed by atoms with Crippen LogP contribution in [0.15, 0.2) is 35.3 Å². The zero-order chi connectivity index (χ0) is 19.6. The van der Waals surface area contributed by atoms with Crippen molar-refractivity contribution in [1.82, 2.24) is 20.1 Å². The molecule has 6 heteroatoms. The second-order valence-corrected chi connectivity index (χ2v) is 7.14. The number of nitrogens with one attached hydrogen (secondary N) is 2. The Bertz CT molecular complexity index is 1030. The zero-order valence-electron chi connectivity index (χ0n) is 16.3. The highest BCUT2D eigenvalue weighted by Gasteiger charge is 2.15. The van der Waals surface area contributed by atoms with Crippen molar-refractivity contribution in [2.75, 3.05) is 0 Å². The van der Waals surface area contributed by atoms with Gasteiger partial charge in [-0.15, -0.1) is 0 Å². The van der Waals surface area contributed by atoms with Crippen LogP contribution in [0.1, 0.15) is 60.4 Å². The number of carbonyl (C=O) groups excluding carboxylic acids is 1. The summed E-state index contributed by atoms with van der Waals surface area (Å²) in [4.78, 5) is 28.0. The van der Waals surface area contributed by atoms with E-state index in [-0.39, 0.29) is 24.1 Å². The van der Waals surface area contributed by atoms with Gasteiger partial charge in [0, 0.05) is 29.2 Å². The minimum atomic E-state index is -0.202. The molecule has 0 aliphatic rings. The number of pyridine rings is 1. The van der Waals surface area contributed by atoms with E-state index in [0.29, 0.717) is 11.1 Å². The second kappa shape index (κ2) is 7.78. The van der Waals surface area contributed by atoms with Crippen molar-refractivity contribution in [2.24, 2.45) is 0 Å². The van der Waals surface area contributed by atoms with Gasteiger partial charge in [0.15, 0.2) is 0 Å². The van der Waals surface area contributed by atoms with Crippen molar-refractivity contribution in [3.63, 3.8) is 0 Å². The molecule has 0 atom stereocenters. The molecule has 2 heterocycles. The van der Waals surface area contributed by atoms with Crippen molar-refractivity contribution < 1.29 is 4.79 Å². The molecule has 142 valence electrons. The number of rotatable bonds is 6. The first-order chi connectivity index (χ1) is 12.9. The first kappa shape index (κ1) is 18.9. The number of aryl methyl sites for hydroxylation is 2. The molecule has 6 nitrogen and oxygen atoms in total. The Balaban J connectivity index is 1.87. The largest absolute Gasteiger partial charge is 0.348 e. The fourth-order valence-corrected chi connectivity index (χ4v) is 3.42. The van der Waals surface area contributed by atoms with Crippen LogP contribution in [0.3, 0.4) is 0 Å². The number of hydrogen-bond donors (Lipinski definition) is 2. The van der Waals surface area contributed by atoms with Crippen LogP contribution in [0, 0.1) is 6.92 Å². The number of fused-ring (bicyclic) bond motifs is 1. The van der Waals surface area contributed by atoms with E-state index in [0.717, 1.165) is 35.0 Å². The molecule has 0 saturated heterocycles. The van der Waals surface area contributed by atoms with Gasteiger partial charge in [-0.05, 0) is 51.0 Å². The average Bonchev–Trinajstić information content (AvgIpc) is 3.05. The van der Waals surface area contributed by atoms with Crippen LogP contribution in [0.5, 0.6) is 0 Å². The lowest BCUT2D eigenvalue weighted by atomic mass is 10.0. The van der Waals surface area contributed by atoms with E-state index in [9.17, 15) is 9.59 Å². The van der Waals surface area contributed by atoms with E-state index in [4.69, 9.17) is 0 Å². The summed E-state index contributed by atoms with van der Waals surface area (Å²) in [6.45, 7) is 8.26. The van der Waals surface area contributed by atoms with E-state index in [2.05, 4.69) is 36.2 Å². The summed E-state index contributed by atoms with van der Waals surface area (Å²) < 4.78 is 1.90. The van der Waals surface area contributed by atoms with Gasteiger partial charge in [0.2, 0.25) is 0 Å². The highest BCUT2D eigenvalue weighted by Crippen LogP contribution is 2.21. The van der Waals surface area contributed by atoms with Crippen LogP contribution in [0.25, 0.3) is 10.9 Å². The second-order valence-electron chi connectivity index (χ2n) is 7.14. The third-order valence-electron chi connectivity index (χ3n) is 4.68. The maximum atomic E-state index is 12.8. The Hall–Kier alpha value is -2.89. The number of hydrogen-bond acceptors (Lipinski definition) is 3. The third-order valence-corrected chi connectivity index (χ3v) is 4.68. The molecule has 1 aromatic carbocycles. The summed E-state index contributed by atoms with van der Waals surface area (Å²) in [6.07, 6.45) is 3.48. The van der Waals surface area contributed by atoms with Crippen molar-refractivity contribution >= 4 is 16.8 Å². The number of carbonyl (C=O) groups is 1. The van der Waals surface area contributed by atoms with Gasteiger partial charge in [0.1, 0.15) is 0 Å². The molecule has 2 aromatic heterocycles. The molecule has 0 radical (unpaired) electrons. The molecule has 0 fully saturated rings. The Kier molecular flexibility index (Phi) is 5.44. The molecular weight excluding hydrogens is 340 g/mol. The molecule has 2 N–H and O–H groups in total. The summed E-state index contributed by atoms with van der Waals surface area (Å²) in [6, 6.07) is 7.81. The van der Waals surface area contributed by atoms with E-state index in [1.54, 1.807) is 12.3 Å². The lowest BCUT2D eigenvalue weighted by Gasteiger charge is -2.11. The van der Waals surface area contributed by atoms with E-state index in [1.165, 1.54) is 0 Å². The van der Waals surface area contributed by atoms with Gasteiger partial charge in [-0.1, -0.05) is 19.4 Å². The van der Waals surface area contributed by atoms with Crippen molar-refractivity contribution in [1.29, 1.82) is 0 Å². The minimum Gasteiger partial charge on any atom is -0.348 e. The van der Waals surface area contributed by atoms with E-state index >= 15 is 0 Å². The number of benzene rings is 1. The summed E-state index contributed by atoms with van der Waals surface area (Å²) in [7, 11) is 0. The van der Waals surface area contributed by atoms with Crippen LogP contribution < -0.4 is 10.9 Å². The first-order valence-electron chi connectivity index (χ1n) is 9.38. The van der Waals surface area contributed by atoms with Gasteiger partial charge in [-0.2, -0.15) is 5.10 Å². The number of aromatic nitrogens is 3. The maximum absolute atomic E-state index is 12.8. The van der Waals surface area contributed by atoms with Gasteiger partial charge < -0.3 is 10.3 Å². The quantitative estimate of drug-likeness (QED) is 0.701. The predicted octanol–water partition coefficient (Wildman–Crippen LogP) is 3.50. The van der Waals surface area contributed by atoms with Gasteiger partial charge in [0.25, 0.3) is 11.5 Å². The van der Waals surface area contributed by atoms with Gasteiger partial charge in [-0.25, -0.2) is 0 Å². The monoisotopic (exact) mass is 366 g/mol. The molecular formula is C21H26N4O2. The lowest BCUT2D eigenvalue weighted by molar-refractivity contribution is 0.0952. The number of aromatic amines is 1. The summed E-state index contributed by atoms with van der Waals surface area (Å²) >= 11 is 0. The Labute approximate surface area is 158 Å². The van der Waals surface area contributed by atoms with Crippen LogP contribution >= 0.6 is 0 Å². The first-order valence-corrected chi connectivity index (χ1v) is 9.38. The van der Waals surface area contributed by atoms with Crippen molar-refractivity contribution in [3.8, 4) is 0 Å². The number of nitrogens with zero attached hydrogens (tertiary/aromatic N) is 2. The normalized spacial score (nSPS) is 11.3. The molecule has 0 spiro atoms. The van der Waals surface area contributed by atoms with Crippen LogP contribution in [0.4, 0.5) is 0 Å². The number of H-pyrrole nitrogens is 1. The standard InChI is InChI=1S/C21H26N4O2/c1-5-7-15-10-14(4)24-21(27)17(15)11-22-20(26)16-8-6-9-19-18(16)12-23-25(19)13(2)3/h6,8-10,12-13H,5,7,11H2,1-4H3,(H,22,26)(H,24,27). The van der Waals surface area contributed by atoms with Gasteiger partial charge >= 0.3 is 0 Å². The molecule has 3 rings (SSSR count). The van der Waals surface area contributed by atoms with Crippen LogP contribution in [-0.4, -0.2) is 20.7 Å². The molecule has 3 aromatic rings. The van der Waals surface area contributed by atoms with Crippen molar-refractivity contribution in [2.45, 2.75) is 53.1 Å². The van der Waals surface area contributed by atoms with Gasteiger partial charge in [0.05, 0.1) is 17.3 Å². The highest BCUT2D eigenvalue weighted by molar-refractivity contribution is 6.06. The molecule has 0 aliphatic carbocycles. The van der Waals surface area contributed by atoms with E-state index < -0.39 is 0 Å². The predicted molar refractivity (Wildman–Crippen MR) is 107 cm³/mol. The molecule has 0 unspecified atom stereocenters. The minimum absolute atomic E-state index is 0.135. The molecule has 0 bridgehead atoms. The average molecular weight is 366 g/mol. The van der Waals surface area contributed by atoms with Crippen LogP contribution in [0.2, 0.25) is 0 Å². The SMILES string of the molecule is CCCc1cc(C)[nH]c(=O)c1CNC(=O)c1cccc2c1cnn2C(C)C. The summed E-state index contributed by atoms with van der Waals surface area (Å²) in [5, 5.41) is 8.12. The molecule has 1 amide bonds. The summed E-state index contributed by atoms with van der Waals surface area (Å²) in [5.74, 6) is -0.202. The Morgan fingerprint density at radius 2 is 2.11 bits per heavy atom.